The highest BCUT2D eigenvalue weighted by molar-refractivity contribution is 14.1. The van der Waals surface area contributed by atoms with Crippen LogP contribution in [0.3, 0.4) is 0 Å². The summed E-state index contributed by atoms with van der Waals surface area (Å²) in [5.41, 5.74) is -5.47. The fourth-order valence-electron chi connectivity index (χ4n) is 5.61. The topological polar surface area (TPSA) is 187 Å². The second kappa shape index (κ2) is 19.9. The van der Waals surface area contributed by atoms with Gasteiger partial charge in [0, 0.05) is 34.0 Å². The van der Waals surface area contributed by atoms with Crippen LogP contribution in [0.4, 0.5) is 53.5 Å². The van der Waals surface area contributed by atoms with Crippen molar-refractivity contribution >= 4 is 46.6 Å². The van der Waals surface area contributed by atoms with Gasteiger partial charge >= 0.3 is 31.1 Å². The van der Waals surface area contributed by atoms with Crippen LogP contribution in [0.15, 0.2) is 48.9 Å². The molecule has 2 aromatic carbocycles. The van der Waals surface area contributed by atoms with Crippen molar-refractivity contribution in [3.63, 3.8) is 0 Å². The molecule has 4 atom stereocenters. The van der Waals surface area contributed by atoms with E-state index in [1.807, 2.05) is 28.0 Å². The Labute approximate surface area is 354 Å². The highest BCUT2D eigenvalue weighted by atomic mass is 127. The molecular formula is C36H40F10IN7O7. The fraction of sp³-hybridized carbons (Fsp3) is 0.472. The maximum absolute atomic E-state index is 15.7. The minimum atomic E-state index is -5.21. The lowest BCUT2D eigenvalue weighted by Crippen LogP contribution is -2.63. The number of carboxylic acid groups (broad SMARTS) is 1. The van der Waals surface area contributed by atoms with Gasteiger partial charge in [-0.05, 0) is 86.5 Å². The number of aliphatic hydroxyl groups is 1. The van der Waals surface area contributed by atoms with E-state index in [4.69, 9.17) is 0 Å². The number of nitrogens with zero attached hydrogens (tertiary/aromatic N) is 3. The van der Waals surface area contributed by atoms with Crippen molar-refractivity contribution in [2.75, 3.05) is 13.7 Å². The van der Waals surface area contributed by atoms with Crippen LogP contribution < -0.4 is 21.4 Å². The zero-order valence-corrected chi connectivity index (χ0v) is 34.7. The summed E-state index contributed by atoms with van der Waals surface area (Å²) in [4.78, 5) is 54.6. The van der Waals surface area contributed by atoms with E-state index >= 15 is 8.78 Å². The Kier molecular flexibility index (Phi) is 16.4. The van der Waals surface area contributed by atoms with Gasteiger partial charge in [-0.3, -0.25) is 19.6 Å². The molecule has 0 aliphatic carbocycles. The molecule has 0 spiro atoms. The Bertz CT molecular complexity index is 2010. The summed E-state index contributed by atoms with van der Waals surface area (Å²) in [6, 6.07) is 0.591. The van der Waals surface area contributed by atoms with E-state index in [-0.39, 0.29) is 11.3 Å². The van der Waals surface area contributed by atoms with Gasteiger partial charge in [0.05, 0.1) is 42.1 Å². The first kappa shape index (κ1) is 50.4. The standard InChI is InChI=1S/C36H40F10IN7O7/c1-33(2,35(41,42)43)26(50-31(58)59)28(56)49-23(10-17-6-8-19(47)9-7-17)25(55)15-54(52-29(57)27(51-32(60)61-5)34(3,4)36(44,45)46)13-20-21(37)11-18(12-22(20)38)24-14-53(16-48-24)30(39)40/h6-9,11-12,14,16,23,25-27,30,50,55H,10,13,15H2,1-5H3,(H,49,56)(H,51,60)(H,52,57)(H,58,59). The molecule has 0 aliphatic rings. The molecule has 338 valence electrons. The first-order valence-corrected chi connectivity index (χ1v) is 18.6. The van der Waals surface area contributed by atoms with E-state index in [0.717, 1.165) is 13.3 Å². The van der Waals surface area contributed by atoms with Gasteiger partial charge in [0.15, 0.2) is 0 Å². The molecule has 4 amide bonds. The Hall–Kier alpha value is -4.92. The van der Waals surface area contributed by atoms with Gasteiger partial charge in [-0.1, -0.05) is 12.1 Å². The van der Waals surface area contributed by atoms with Crippen LogP contribution in [0.1, 0.15) is 45.4 Å². The van der Waals surface area contributed by atoms with Crippen LogP contribution in [-0.4, -0.2) is 99.0 Å². The quantitative estimate of drug-likeness (QED) is 0.0514. The molecule has 61 heavy (non-hydrogen) atoms. The number of aromatic nitrogens is 2. The minimum Gasteiger partial charge on any atom is -0.465 e. The number of amides is 4. The Morgan fingerprint density at radius 1 is 0.869 bits per heavy atom. The van der Waals surface area contributed by atoms with Crippen LogP contribution in [-0.2, 0) is 27.3 Å². The number of alkyl carbamates (subject to hydrolysis) is 1. The highest BCUT2D eigenvalue weighted by Crippen LogP contribution is 2.42. The lowest BCUT2D eigenvalue weighted by Gasteiger charge is -2.38. The van der Waals surface area contributed by atoms with Gasteiger partial charge in [0.25, 0.3) is 5.91 Å². The number of carbonyl (C=O) groups is 4. The first-order valence-electron chi connectivity index (χ1n) is 17.6. The van der Waals surface area contributed by atoms with Crippen molar-refractivity contribution in [3.05, 3.63) is 75.3 Å². The van der Waals surface area contributed by atoms with Crippen molar-refractivity contribution < 1.29 is 78.0 Å². The second-order valence-electron chi connectivity index (χ2n) is 14.7. The largest absolute Gasteiger partial charge is 0.465 e. The summed E-state index contributed by atoms with van der Waals surface area (Å²) in [7, 11) is 0.773. The number of carbonyl (C=O) groups excluding carboxylic acids is 3. The highest BCUT2D eigenvalue weighted by Gasteiger charge is 2.57. The predicted octanol–water partition coefficient (Wildman–Crippen LogP) is 6.29. The van der Waals surface area contributed by atoms with E-state index in [0.29, 0.717) is 64.9 Å². The van der Waals surface area contributed by atoms with Crippen molar-refractivity contribution in [3.8, 4) is 11.3 Å². The normalized spacial score (nSPS) is 14.5. The number of methoxy groups -OCH3 is 1. The summed E-state index contributed by atoms with van der Waals surface area (Å²) in [5.74, 6) is -6.14. The van der Waals surface area contributed by atoms with Crippen molar-refractivity contribution in [1.29, 1.82) is 0 Å². The molecule has 1 aromatic heterocycles. The van der Waals surface area contributed by atoms with Gasteiger partial charge < -0.3 is 30.9 Å². The first-order chi connectivity index (χ1) is 28.0. The maximum Gasteiger partial charge on any atom is 0.407 e. The molecule has 25 heteroatoms. The van der Waals surface area contributed by atoms with Gasteiger partial charge in [-0.25, -0.2) is 28.4 Å². The van der Waals surface area contributed by atoms with E-state index in [2.05, 4.69) is 15.0 Å². The molecule has 0 bridgehead atoms. The fourth-order valence-corrected chi connectivity index (χ4v) is 5.97. The molecule has 0 radical (unpaired) electrons. The summed E-state index contributed by atoms with van der Waals surface area (Å²) in [6.45, 7) is -3.21. The van der Waals surface area contributed by atoms with Crippen molar-refractivity contribution in [2.24, 2.45) is 10.8 Å². The Balaban J connectivity index is 2.15. The summed E-state index contributed by atoms with van der Waals surface area (Å²) in [5, 5.41) is 26.9. The van der Waals surface area contributed by atoms with E-state index in [1.54, 1.807) is 17.4 Å². The predicted molar refractivity (Wildman–Crippen MR) is 202 cm³/mol. The monoisotopic (exact) mass is 999 g/mol. The molecule has 4 unspecified atom stereocenters. The van der Waals surface area contributed by atoms with Crippen molar-refractivity contribution in [1.82, 2.24) is 35.9 Å². The molecule has 6 N–H and O–H groups in total. The number of aliphatic hydroxyl groups excluding tert-OH is 1. The summed E-state index contributed by atoms with van der Waals surface area (Å²) < 4.78 is 148. The number of alkyl halides is 8. The third kappa shape index (κ3) is 12.8. The zero-order chi connectivity index (χ0) is 46.4. The third-order valence-electron chi connectivity index (χ3n) is 9.59. The van der Waals surface area contributed by atoms with Gasteiger partial charge in [0.2, 0.25) is 5.91 Å². The SMILES string of the molecule is COC(=O)NC(C(=O)NN(Cc1c(F)cc(-c2cn(C(F)F)cn2)cc1F)CC(O)C(Cc1ccc(I)cc1)NC(=O)C(NC(=O)O)C(C)(C)C(F)(F)F)C(C)(C)C(F)(F)F. The Morgan fingerprint density at radius 2 is 1.39 bits per heavy atom. The molecule has 0 saturated carbocycles. The van der Waals surface area contributed by atoms with Gasteiger partial charge in [-0.2, -0.15) is 35.1 Å². The number of rotatable bonds is 17. The second-order valence-corrected chi connectivity index (χ2v) is 15.9. The molecule has 14 nitrogen and oxygen atoms in total. The third-order valence-corrected chi connectivity index (χ3v) is 10.3. The number of hydrogen-bond donors (Lipinski definition) is 6. The molecular weight excluding hydrogens is 959 g/mol. The smallest absolute Gasteiger partial charge is 0.407 e. The van der Waals surface area contributed by atoms with Crippen LogP contribution in [0.5, 0.6) is 0 Å². The Morgan fingerprint density at radius 3 is 1.85 bits per heavy atom. The number of ether oxygens (including phenoxy) is 1. The molecule has 0 aliphatic heterocycles. The van der Waals surface area contributed by atoms with Gasteiger partial charge in [0.1, 0.15) is 23.7 Å². The maximum atomic E-state index is 15.7. The number of imidazole rings is 1. The summed E-state index contributed by atoms with van der Waals surface area (Å²) >= 11 is 1.94. The van der Waals surface area contributed by atoms with Crippen molar-refractivity contribution in [2.45, 2.75) is 83.8 Å². The molecule has 3 rings (SSSR count). The van der Waals surface area contributed by atoms with Crippen LogP contribution in [0.25, 0.3) is 11.3 Å². The lowest BCUT2D eigenvalue weighted by molar-refractivity contribution is -0.221. The van der Waals surface area contributed by atoms with Crippen LogP contribution >= 0.6 is 22.6 Å². The lowest BCUT2D eigenvalue weighted by atomic mass is 9.82. The molecule has 3 aromatic rings. The minimum absolute atomic E-state index is 0.310. The average molecular weight is 1000 g/mol. The van der Waals surface area contributed by atoms with Crippen LogP contribution in [0, 0.1) is 26.0 Å². The number of hydrazine groups is 1. The zero-order valence-electron chi connectivity index (χ0n) is 32.6. The van der Waals surface area contributed by atoms with E-state index in [9.17, 15) is 64.5 Å². The number of nitrogens with one attached hydrogen (secondary N) is 4. The van der Waals surface area contributed by atoms with E-state index < -0.39 is 115 Å². The van der Waals surface area contributed by atoms with E-state index in [1.165, 1.54) is 17.4 Å². The molecule has 0 saturated heterocycles. The molecule has 1 heterocycles. The van der Waals surface area contributed by atoms with Gasteiger partial charge in [-0.15, -0.1) is 0 Å². The van der Waals surface area contributed by atoms with Crippen LogP contribution in [0.2, 0.25) is 0 Å². The number of hydrogen-bond acceptors (Lipinski definition) is 8. The number of halogens is 11. The average Bonchev–Trinajstić information content (AvgIpc) is 3.64. The number of benzene rings is 2. The molecule has 0 fully saturated rings. The summed E-state index contributed by atoms with van der Waals surface area (Å²) in [6.07, 6.45) is -15.0.